The number of para-hydroxylation sites is 2. The number of hydrogen-bond acceptors (Lipinski definition) is 4. The summed E-state index contributed by atoms with van der Waals surface area (Å²) in [6.07, 6.45) is 0.137. The van der Waals surface area contributed by atoms with E-state index in [4.69, 9.17) is 4.99 Å². The number of halogens is 1. The zero-order chi connectivity index (χ0) is 21.3. The first-order valence-corrected chi connectivity index (χ1v) is 11.1. The minimum atomic E-state index is -0.242. The monoisotopic (exact) mass is 481 g/mol. The van der Waals surface area contributed by atoms with Crippen LogP contribution in [0.1, 0.15) is 22.4 Å². The highest BCUT2D eigenvalue weighted by Crippen LogP contribution is 2.34. The molecule has 0 radical (unpaired) electrons. The second-order valence-electron chi connectivity index (χ2n) is 7.10. The number of carbonyl (C=O) groups is 2. The Kier molecular flexibility index (Phi) is 5.83. The van der Waals surface area contributed by atoms with Crippen LogP contribution in [0, 0.1) is 13.8 Å². The Morgan fingerprint density at radius 2 is 1.93 bits per heavy atom. The van der Waals surface area contributed by atoms with Crippen molar-refractivity contribution >= 4 is 61.9 Å². The summed E-state index contributed by atoms with van der Waals surface area (Å²) in [6.45, 7) is 3.90. The van der Waals surface area contributed by atoms with Crippen molar-refractivity contribution in [3.05, 3.63) is 74.4 Å². The molecule has 7 heteroatoms. The predicted octanol–water partition coefficient (Wildman–Crippen LogP) is 5.62. The average Bonchev–Trinajstić information content (AvgIpc) is 3.10. The molecule has 0 saturated carbocycles. The van der Waals surface area contributed by atoms with Crippen molar-refractivity contribution in [3.8, 4) is 0 Å². The number of hydrogen-bond donors (Lipinski definition) is 1. The molecule has 3 aromatic rings. The number of nitrogens with one attached hydrogen (secondary N) is 1. The maximum atomic E-state index is 13.1. The maximum Gasteiger partial charge on any atom is 0.244 e. The van der Waals surface area contributed by atoms with Crippen LogP contribution in [0.15, 0.2) is 63.4 Å². The van der Waals surface area contributed by atoms with Gasteiger partial charge in [-0.25, -0.2) is 4.99 Å². The van der Waals surface area contributed by atoms with E-state index in [0.29, 0.717) is 17.1 Å². The summed E-state index contributed by atoms with van der Waals surface area (Å²) in [5.74, 6) is -0.395. The fourth-order valence-electron chi connectivity index (χ4n) is 3.35. The van der Waals surface area contributed by atoms with Gasteiger partial charge in [0.2, 0.25) is 11.8 Å². The molecule has 152 valence electrons. The molecule has 1 aliphatic rings. The third-order valence-electron chi connectivity index (χ3n) is 5.09. The standard InChI is InChI=1S/C23H20BrN3O2S/c1-14-6-5-8-16(15(14)2)26-22(28)13-27-19-9-4-3-7-17(19)25-18(12-23(27)29)20-10-11-21(24)30-20/h3-11H,12-13H2,1-2H3,(H,26,28). The molecule has 2 amide bonds. The zero-order valence-electron chi connectivity index (χ0n) is 16.6. The summed E-state index contributed by atoms with van der Waals surface area (Å²) in [5.41, 5.74) is 4.91. The van der Waals surface area contributed by atoms with Crippen molar-refractivity contribution < 1.29 is 9.59 Å². The third kappa shape index (κ3) is 4.22. The van der Waals surface area contributed by atoms with Crippen molar-refractivity contribution in [1.82, 2.24) is 0 Å². The Hall–Kier alpha value is -2.77. The molecule has 2 heterocycles. The second kappa shape index (κ2) is 8.53. The number of benzene rings is 2. The van der Waals surface area contributed by atoms with Crippen LogP contribution in [0.4, 0.5) is 17.1 Å². The molecule has 4 rings (SSSR count). The van der Waals surface area contributed by atoms with E-state index in [1.165, 1.54) is 16.2 Å². The Morgan fingerprint density at radius 3 is 2.70 bits per heavy atom. The molecule has 0 unspecified atom stereocenters. The summed E-state index contributed by atoms with van der Waals surface area (Å²) < 4.78 is 0.981. The maximum absolute atomic E-state index is 13.1. The lowest BCUT2D eigenvalue weighted by Gasteiger charge is -2.22. The first-order valence-electron chi connectivity index (χ1n) is 9.51. The van der Waals surface area contributed by atoms with E-state index in [2.05, 4.69) is 21.2 Å². The van der Waals surface area contributed by atoms with Gasteiger partial charge in [0, 0.05) is 5.69 Å². The molecular weight excluding hydrogens is 462 g/mol. The largest absolute Gasteiger partial charge is 0.324 e. The quantitative estimate of drug-likeness (QED) is 0.525. The third-order valence-corrected chi connectivity index (χ3v) is 6.76. The molecule has 1 aliphatic heterocycles. The molecule has 0 atom stereocenters. The van der Waals surface area contributed by atoms with E-state index in [1.54, 1.807) is 0 Å². The topological polar surface area (TPSA) is 61.8 Å². The molecule has 2 aromatic carbocycles. The highest BCUT2D eigenvalue weighted by Gasteiger charge is 2.27. The number of fused-ring (bicyclic) bond motifs is 1. The number of nitrogens with zero attached hydrogens (tertiary/aromatic N) is 2. The van der Waals surface area contributed by atoms with Gasteiger partial charge in [0.1, 0.15) is 6.54 Å². The second-order valence-corrected chi connectivity index (χ2v) is 9.57. The van der Waals surface area contributed by atoms with E-state index in [-0.39, 0.29) is 24.8 Å². The van der Waals surface area contributed by atoms with Gasteiger partial charge in [-0.05, 0) is 71.2 Å². The number of amides is 2. The van der Waals surface area contributed by atoms with Gasteiger partial charge >= 0.3 is 0 Å². The van der Waals surface area contributed by atoms with Crippen molar-refractivity contribution in [2.24, 2.45) is 4.99 Å². The van der Waals surface area contributed by atoms with E-state index in [9.17, 15) is 9.59 Å². The molecule has 0 saturated heterocycles. The van der Waals surface area contributed by atoms with Crippen molar-refractivity contribution in [3.63, 3.8) is 0 Å². The van der Waals surface area contributed by atoms with Crippen LogP contribution in [-0.4, -0.2) is 24.1 Å². The molecule has 1 aromatic heterocycles. The molecule has 5 nitrogen and oxygen atoms in total. The Morgan fingerprint density at radius 1 is 1.13 bits per heavy atom. The lowest BCUT2D eigenvalue weighted by Crippen LogP contribution is -2.38. The van der Waals surface area contributed by atoms with Crippen LogP contribution in [0.5, 0.6) is 0 Å². The van der Waals surface area contributed by atoms with Gasteiger partial charge in [-0.3, -0.25) is 9.59 Å². The smallest absolute Gasteiger partial charge is 0.244 e. The number of thiophene rings is 1. The molecule has 0 bridgehead atoms. The van der Waals surface area contributed by atoms with E-state index in [1.807, 2.05) is 68.4 Å². The van der Waals surface area contributed by atoms with Crippen molar-refractivity contribution in [2.45, 2.75) is 20.3 Å². The fraction of sp³-hybridized carbons (Fsp3) is 0.174. The summed E-state index contributed by atoms with van der Waals surface area (Å²) >= 11 is 5.00. The zero-order valence-corrected chi connectivity index (χ0v) is 19.0. The Balaban J connectivity index is 1.61. The number of aliphatic imine (C=N–C) groups is 1. The summed E-state index contributed by atoms with van der Waals surface area (Å²) in [4.78, 5) is 33.2. The lowest BCUT2D eigenvalue weighted by molar-refractivity contribution is -0.120. The molecular formula is C23H20BrN3O2S. The van der Waals surface area contributed by atoms with E-state index in [0.717, 1.165) is 25.5 Å². The first-order chi connectivity index (χ1) is 14.4. The van der Waals surface area contributed by atoms with Crippen molar-refractivity contribution in [1.29, 1.82) is 0 Å². The minimum Gasteiger partial charge on any atom is -0.324 e. The molecule has 1 N–H and O–H groups in total. The van der Waals surface area contributed by atoms with Crippen LogP contribution >= 0.6 is 27.3 Å². The summed E-state index contributed by atoms with van der Waals surface area (Å²) in [7, 11) is 0. The van der Waals surface area contributed by atoms with E-state index < -0.39 is 0 Å². The van der Waals surface area contributed by atoms with Crippen LogP contribution < -0.4 is 10.2 Å². The van der Waals surface area contributed by atoms with Gasteiger partial charge in [0.05, 0.1) is 32.2 Å². The van der Waals surface area contributed by atoms with Gasteiger partial charge < -0.3 is 10.2 Å². The van der Waals surface area contributed by atoms with Crippen LogP contribution in [0.25, 0.3) is 0 Å². The molecule has 0 aliphatic carbocycles. The fourth-order valence-corrected chi connectivity index (χ4v) is 4.72. The Bertz CT molecular complexity index is 1170. The van der Waals surface area contributed by atoms with Gasteiger partial charge in [-0.15, -0.1) is 11.3 Å². The van der Waals surface area contributed by atoms with E-state index >= 15 is 0 Å². The Labute approximate surface area is 187 Å². The number of carbonyl (C=O) groups excluding carboxylic acids is 2. The molecule has 0 spiro atoms. The van der Waals surface area contributed by atoms with Crippen LogP contribution in [0.2, 0.25) is 0 Å². The highest BCUT2D eigenvalue weighted by atomic mass is 79.9. The van der Waals surface area contributed by atoms with Gasteiger partial charge in [-0.2, -0.15) is 0 Å². The SMILES string of the molecule is Cc1cccc(NC(=O)CN2C(=O)CC(c3ccc(Br)s3)=Nc3ccccc32)c1C. The summed E-state index contributed by atoms with van der Waals surface area (Å²) in [5, 5.41) is 2.94. The van der Waals surface area contributed by atoms with Gasteiger partial charge in [0.25, 0.3) is 0 Å². The van der Waals surface area contributed by atoms with Gasteiger partial charge in [-0.1, -0.05) is 24.3 Å². The van der Waals surface area contributed by atoms with Crippen LogP contribution in [0.3, 0.4) is 0 Å². The first kappa shape index (κ1) is 20.5. The predicted molar refractivity (Wildman–Crippen MR) is 126 cm³/mol. The normalized spacial score (nSPS) is 13.5. The number of rotatable bonds is 4. The number of aryl methyl sites for hydroxylation is 1. The summed E-state index contributed by atoms with van der Waals surface area (Å²) in [6, 6.07) is 17.1. The lowest BCUT2D eigenvalue weighted by atomic mass is 10.1. The number of anilines is 2. The van der Waals surface area contributed by atoms with Crippen LogP contribution in [-0.2, 0) is 9.59 Å². The molecule has 0 fully saturated rings. The van der Waals surface area contributed by atoms with Gasteiger partial charge in [0.15, 0.2) is 0 Å². The average molecular weight is 482 g/mol. The minimum absolute atomic E-state index is 0.0693. The highest BCUT2D eigenvalue weighted by molar-refractivity contribution is 9.11. The van der Waals surface area contributed by atoms with Crippen molar-refractivity contribution in [2.75, 3.05) is 16.8 Å². The molecule has 30 heavy (non-hydrogen) atoms.